The van der Waals surface area contributed by atoms with E-state index in [9.17, 15) is 19.7 Å². The van der Waals surface area contributed by atoms with Gasteiger partial charge < -0.3 is 14.4 Å². The third-order valence-electron chi connectivity index (χ3n) is 4.25. The van der Waals surface area contributed by atoms with Crippen LogP contribution in [0.1, 0.15) is 22.0 Å². The van der Waals surface area contributed by atoms with E-state index in [4.69, 9.17) is 21.1 Å². The molecule has 0 saturated carbocycles. The Morgan fingerprint density at radius 1 is 1.14 bits per heavy atom. The summed E-state index contributed by atoms with van der Waals surface area (Å²) in [5.74, 6) is -1.30. The molecule has 1 aliphatic heterocycles. The number of carbonyl (C=O) groups excluding carboxylic acids is 2. The Morgan fingerprint density at radius 2 is 1.82 bits per heavy atom. The molecule has 146 valence electrons. The summed E-state index contributed by atoms with van der Waals surface area (Å²) in [7, 11) is 0. The van der Waals surface area contributed by atoms with Crippen LogP contribution in [0.15, 0.2) is 48.5 Å². The Labute approximate surface area is 165 Å². The van der Waals surface area contributed by atoms with E-state index in [0.717, 1.165) is 6.07 Å². The van der Waals surface area contributed by atoms with Gasteiger partial charge in [-0.3, -0.25) is 14.9 Å². The Balaban J connectivity index is 1.89. The summed E-state index contributed by atoms with van der Waals surface area (Å²) < 4.78 is 10.7. The molecule has 0 N–H and O–H groups in total. The van der Waals surface area contributed by atoms with Gasteiger partial charge in [-0.25, -0.2) is 4.79 Å². The van der Waals surface area contributed by atoms with Crippen LogP contribution in [-0.4, -0.2) is 48.0 Å². The van der Waals surface area contributed by atoms with Gasteiger partial charge in [0.1, 0.15) is 0 Å². The molecule has 2 aromatic carbocycles. The van der Waals surface area contributed by atoms with E-state index in [2.05, 4.69) is 0 Å². The molecular formula is C19H17ClN2O6. The summed E-state index contributed by atoms with van der Waals surface area (Å²) in [6.45, 7) is 1.57. The molecule has 0 unspecified atom stereocenters. The molecule has 1 amide bonds. The lowest BCUT2D eigenvalue weighted by Gasteiger charge is -2.30. The molecule has 1 heterocycles. The van der Waals surface area contributed by atoms with E-state index in [-0.39, 0.29) is 22.2 Å². The summed E-state index contributed by atoms with van der Waals surface area (Å²) in [4.78, 5) is 37.6. The average molecular weight is 405 g/mol. The van der Waals surface area contributed by atoms with Crippen molar-refractivity contribution in [3.63, 3.8) is 0 Å². The number of hydrogen-bond donors (Lipinski definition) is 0. The SMILES string of the molecule is O=C(O[C@@H](C(=O)N1CCOCC1)c1ccccc1)c1cc([N+](=O)[O-])ccc1Cl. The van der Waals surface area contributed by atoms with Gasteiger partial charge >= 0.3 is 5.97 Å². The van der Waals surface area contributed by atoms with E-state index in [1.807, 2.05) is 0 Å². The molecule has 0 radical (unpaired) electrons. The predicted molar refractivity (Wildman–Crippen MR) is 100 cm³/mol. The van der Waals surface area contributed by atoms with Gasteiger partial charge in [0, 0.05) is 30.8 Å². The van der Waals surface area contributed by atoms with Crippen LogP contribution >= 0.6 is 11.6 Å². The van der Waals surface area contributed by atoms with Crippen molar-refractivity contribution >= 4 is 29.2 Å². The molecule has 1 fully saturated rings. The maximum Gasteiger partial charge on any atom is 0.341 e. The van der Waals surface area contributed by atoms with Gasteiger partial charge in [-0.15, -0.1) is 0 Å². The summed E-state index contributed by atoms with van der Waals surface area (Å²) in [6, 6.07) is 12.0. The molecule has 9 heteroatoms. The van der Waals surface area contributed by atoms with E-state index < -0.39 is 17.0 Å². The molecule has 0 spiro atoms. The van der Waals surface area contributed by atoms with Crippen molar-refractivity contribution in [2.75, 3.05) is 26.3 Å². The van der Waals surface area contributed by atoms with Crippen LogP contribution in [0.25, 0.3) is 0 Å². The maximum absolute atomic E-state index is 13.0. The van der Waals surface area contributed by atoms with E-state index in [1.165, 1.54) is 12.1 Å². The smallest absolute Gasteiger partial charge is 0.341 e. The molecule has 0 bridgehead atoms. The van der Waals surface area contributed by atoms with Crippen LogP contribution in [0.4, 0.5) is 5.69 Å². The minimum atomic E-state index is -1.19. The zero-order valence-electron chi connectivity index (χ0n) is 14.7. The van der Waals surface area contributed by atoms with E-state index in [1.54, 1.807) is 35.2 Å². The number of amides is 1. The second kappa shape index (κ2) is 8.81. The maximum atomic E-state index is 13.0. The van der Waals surface area contributed by atoms with E-state index >= 15 is 0 Å². The lowest BCUT2D eigenvalue weighted by Crippen LogP contribution is -2.44. The number of benzene rings is 2. The number of nitrogens with zero attached hydrogens (tertiary/aromatic N) is 2. The zero-order valence-corrected chi connectivity index (χ0v) is 15.5. The number of nitro groups is 1. The van der Waals surface area contributed by atoms with Crippen molar-refractivity contribution in [3.8, 4) is 0 Å². The largest absolute Gasteiger partial charge is 0.444 e. The normalized spacial score (nSPS) is 15.0. The molecule has 8 nitrogen and oxygen atoms in total. The van der Waals surface area contributed by atoms with Gasteiger partial charge in [-0.05, 0) is 6.07 Å². The quantitative estimate of drug-likeness (QED) is 0.431. The van der Waals surface area contributed by atoms with Crippen molar-refractivity contribution in [3.05, 3.63) is 74.8 Å². The van der Waals surface area contributed by atoms with Gasteiger partial charge in [-0.1, -0.05) is 41.9 Å². The number of halogens is 1. The highest BCUT2D eigenvalue weighted by Crippen LogP contribution is 2.27. The number of rotatable bonds is 5. The fourth-order valence-corrected chi connectivity index (χ4v) is 2.99. The highest BCUT2D eigenvalue weighted by molar-refractivity contribution is 6.33. The van der Waals surface area contributed by atoms with Crippen LogP contribution < -0.4 is 0 Å². The number of non-ortho nitro benzene ring substituents is 1. The zero-order chi connectivity index (χ0) is 20.1. The first kappa shape index (κ1) is 19.8. The molecular weight excluding hydrogens is 388 g/mol. The minimum absolute atomic E-state index is 0.00114. The molecule has 3 rings (SSSR count). The molecule has 1 saturated heterocycles. The number of carbonyl (C=O) groups is 2. The summed E-state index contributed by atoms with van der Waals surface area (Å²) >= 11 is 6.02. The van der Waals surface area contributed by atoms with Crippen LogP contribution in [0.5, 0.6) is 0 Å². The van der Waals surface area contributed by atoms with Crippen LogP contribution in [0, 0.1) is 10.1 Å². The van der Waals surface area contributed by atoms with Crippen LogP contribution in [0.2, 0.25) is 5.02 Å². The fraction of sp³-hybridized carbons (Fsp3) is 0.263. The predicted octanol–water partition coefficient (Wildman–Crippen LogP) is 3.01. The topological polar surface area (TPSA) is 99.0 Å². The van der Waals surface area contributed by atoms with Crippen LogP contribution in [-0.2, 0) is 14.3 Å². The molecule has 1 atom stereocenters. The molecule has 1 aliphatic rings. The lowest BCUT2D eigenvalue weighted by molar-refractivity contribution is -0.384. The first-order valence-electron chi connectivity index (χ1n) is 8.54. The third-order valence-corrected chi connectivity index (χ3v) is 4.58. The number of ether oxygens (including phenoxy) is 2. The standard InChI is InChI=1S/C19H17ClN2O6/c20-16-7-6-14(22(25)26)12-15(16)19(24)28-17(13-4-2-1-3-5-13)18(23)21-8-10-27-11-9-21/h1-7,12,17H,8-11H2/t17-/m1/s1. The second-order valence-corrected chi connectivity index (χ2v) is 6.46. The van der Waals surface area contributed by atoms with Crippen molar-refractivity contribution in [2.45, 2.75) is 6.10 Å². The molecule has 2 aromatic rings. The van der Waals surface area contributed by atoms with E-state index in [0.29, 0.717) is 31.9 Å². The number of nitro benzene ring substituents is 1. The minimum Gasteiger partial charge on any atom is -0.444 e. The Hall–Kier alpha value is -2.97. The molecule has 0 aliphatic carbocycles. The average Bonchev–Trinajstić information content (AvgIpc) is 2.72. The number of morpholine rings is 1. The summed E-state index contributed by atoms with van der Waals surface area (Å²) in [5, 5.41) is 11.0. The first-order chi connectivity index (χ1) is 13.5. The van der Waals surface area contributed by atoms with Gasteiger partial charge in [0.25, 0.3) is 11.6 Å². The highest BCUT2D eigenvalue weighted by Gasteiger charge is 2.31. The Bertz CT molecular complexity index is 883. The first-order valence-corrected chi connectivity index (χ1v) is 8.91. The highest BCUT2D eigenvalue weighted by atomic mass is 35.5. The third kappa shape index (κ3) is 4.47. The van der Waals surface area contributed by atoms with Crippen LogP contribution in [0.3, 0.4) is 0 Å². The molecule has 0 aromatic heterocycles. The van der Waals surface area contributed by atoms with Gasteiger partial charge in [0.05, 0.1) is 28.7 Å². The Kier molecular flexibility index (Phi) is 6.23. The summed E-state index contributed by atoms with van der Waals surface area (Å²) in [6.07, 6.45) is -1.19. The second-order valence-electron chi connectivity index (χ2n) is 6.05. The van der Waals surface area contributed by atoms with Gasteiger partial charge in [0.15, 0.2) is 0 Å². The van der Waals surface area contributed by atoms with Crippen molar-refractivity contribution in [1.82, 2.24) is 4.90 Å². The van der Waals surface area contributed by atoms with Crippen molar-refractivity contribution < 1.29 is 24.0 Å². The monoisotopic (exact) mass is 404 g/mol. The van der Waals surface area contributed by atoms with Crippen molar-refractivity contribution in [1.29, 1.82) is 0 Å². The summed E-state index contributed by atoms with van der Waals surface area (Å²) in [5.41, 5.74) is 0.0209. The van der Waals surface area contributed by atoms with Gasteiger partial charge in [-0.2, -0.15) is 0 Å². The number of hydrogen-bond acceptors (Lipinski definition) is 6. The fourth-order valence-electron chi connectivity index (χ4n) is 2.79. The molecule has 28 heavy (non-hydrogen) atoms. The number of esters is 1. The van der Waals surface area contributed by atoms with Gasteiger partial charge in [0.2, 0.25) is 6.10 Å². The lowest BCUT2D eigenvalue weighted by atomic mass is 10.1. The van der Waals surface area contributed by atoms with Crippen molar-refractivity contribution in [2.24, 2.45) is 0 Å². The Morgan fingerprint density at radius 3 is 2.46 bits per heavy atom.